The lowest BCUT2D eigenvalue weighted by atomic mass is 9.70. The van der Waals surface area contributed by atoms with E-state index in [0.29, 0.717) is 64.4 Å². The second kappa shape index (κ2) is 11.2. The molecule has 3 amide bonds. The number of alkyl halides is 3. The summed E-state index contributed by atoms with van der Waals surface area (Å²) in [4.78, 5) is 29.2. The van der Waals surface area contributed by atoms with Crippen LogP contribution in [-0.4, -0.2) is 69.8 Å². The average molecular weight is 496 g/mol. The highest BCUT2D eigenvalue weighted by molar-refractivity contribution is 5.82. The van der Waals surface area contributed by atoms with E-state index in [9.17, 15) is 22.8 Å². The summed E-state index contributed by atoms with van der Waals surface area (Å²) in [5, 5.41) is 14.8. The van der Waals surface area contributed by atoms with E-state index in [1.165, 1.54) is 12.1 Å². The van der Waals surface area contributed by atoms with Gasteiger partial charge in [-0.15, -0.1) is 0 Å². The number of carbonyl (C=O) groups excluding carboxylic acids is 2. The topological polar surface area (TPSA) is 97.7 Å². The number of methoxy groups -OCH3 is 1. The molecule has 1 aromatic rings. The van der Waals surface area contributed by atoms with Crippen LogP contribution in [-0.2, 0) is 15.7 Å². The fraction of sp³-hybridized carbons (Fsp3) is 0.625. The molecule has 0 aliphatic carbocycles. The summed E-state index contributed by atoms with van der Waals surface area (Å²) < 4.78 is 45.3. The Labute approximate surface area is 203 Å². The van der Waals surface area contributed by atoms with Gasteiger partial charge < -0.3 is 25.2 Å². The number of ether oxygens (including phenoxy) is 1. The smallest absolute Gasteiger partial charge is 0.383 e. The molecule has 3 rings (SSSR count). The molecular weight excluding hydrogens is 463 g/mol. The van der Waals surface area contributed by atoms with Gasteiger partial charge >= 0.3 is 12.2 Å². The lowest BCUT2D eigenvalue weighted by Gasteiger charge is -2.43. The van der Waals surface area contributed by atoms with Crippen molar-refractivity contribution in [1.82, 2.24) is 15.5 Å². The maximum Gasteiger partial charge on any atom is 0.417 e. The quantitative estimate of drug-likeness (QED) is 0.567. The molecule has 0 bridgehead atoms. The second-order valence-corrected chi connectivity index (χ2v) is 9.14. The molecule has 192 valence electrons. The minimum Gasteiger partial charge on any atom is -0.383 e. The van der Waals surface area contributed by atoms with Crippen molar-refractivity contribution in [2.75, 3.05) is 57.9 Å². The zero-order valence-electron chi connectivity index (χ0n) is 20.1. The lowest BCUT2D eigenvalue weighted by Crippen LogP contribution is -2.49. The number of nitriles is 1. The van der Waals surface area contributed by atoms with E-state index in [-0.39, 0.29) is 11.9 Å². The third-order valence-electron chi connectivity index (χ3n) is 6.94. The Balaban J connectivity index is 1.78. The first-order chi connectivity index (χ1) is 16.6. The number of rotatable bonds is 7. The summed E-state index contributed by atoms with van der Waals surface area (Å²) in [5.74, 6) is -0.556. The number of benzene rings is 1. The van der Waals surface area contributed by atoms with Gasteiger partial charge in [0, 0.05) is 57.5 Å². The lowest BCUT2D eigenvalue weighted by molar-refractivity contribution is -0.137. The van der Waals surface area contributed by atoms with Gasteiger partial charge in [0.15, 0.2) is 0 Å². The Bertz CT molecular complexity index is 955. The molecule has 1 spiro atoms. The molecule has 2 fully saturated rings. The van der Waals surface area contributed by atoms with Crippen LogP contribution in [0.2, 0.25) is 0 Å². The molecule has 2 heterocycles. The van der Waals surface area contributed by atoms with Crippen LogP contribution >= 0.6 is 0 Å². The van der Waals surface area contributed by atoms with Crippen LogP contribution in [0.15, 0.2) is 18.2 Å². The van der Waals surface area contributed by atoms with Crippen molar-refractivity contribution >= 4 is 17.6 Å². The monoisotopic (exact) mass is 495 g/mol. The van der Waals surface area contributed by atoms with Crippen LogP contribution in [0, 0.1) is 22.7 Å². The number of hydrogen-bond donors (Lipinski definition) is 2. The van der Waals surface area contributed by atoms with E-state index in [0.717, 1.165) is 12.5 Å². The van der Waals surface area contributed by atoms with Crippen LogP contribution < -0.4 is 15.5 Å². The van der Waals surface area contributed by atoms with Crippen LogP contribution in [0.5, 0.6) is 0 Å². The zero-order valence-corrected chi connectivity index (χ0v) is 20.1. The number of amides is 3. The Hall–Kier alpha value is -3.00. The molecule has 2 saturated heterocycles. The zero-order chi connectivity index (χ0) is 25.6. The number of halogens is 3. The number of nitrogens with zero attached hydrogens (tertiary/aromatic N) is 3. The largest absolute Gasteiger partial charge is 0.417 e. The van der Waals surface area contributed by atoms with Gasteiger partial charge in [0.25, 0.3) is 0 Å². The minimum absolute atomic E-state index is 0.140. The van der Waals surface area contributed by atoms with E-state index in [1.807, 2.05) is 11.8 Å². The number of likely N-dealkylation sites (tertiary alicyclic amines) is 1. The SMILES string of the molecule is CCCNC(=O)N1CC(C(=O)NCCOC)C2(CCN(c3ccc(C#N)c(C(F)(F)F)c3)CC2)C1. The molecule has 11 heteroatoms. The minimum atomic E-state index is -4.62. The molecular formula is C24H32F3N5O3. The molecule has 2 N–H and O–H groups in total. The molecule has 1 atom stereocenters. The van der Waals surface area contributed by atoms with Gasteiger partial charge in [-0.2, -0.15) is 18.4 Å². The highest BCUT2D eigenvalue weighted by Crippen LogP contribution is 2.46. The molecule has 2 aliphatic heterocycles. The molecule has 0 aromatic heterocycles. The summed E-state index contributed by atoms with van der Waals surface area (Å²) in [6.07, 6.45) is -2.73. The molecule has 0 radical (unpaired) electrons. The van der Waals surface area contributed by atoms with Crippen LogP contribution in [0.1, 0.15) is 37.3 Å². The van der Waals surface area contributed by atoms with Gasteiger partial charge in [-0.1, -0.05) is 6.92 Å². The second-order valence-electron chi connectivity index (χ2n) is 9.14. The van der Waals surface area contributed by atoms with Gasteiger partial charge in [-0.25, -0.2) is 4.79 Å². The van der Waals surface area contributed by atoms with Crippen molar-refractivity contribution in [2.45, 2.75) is 32.4 Å². The number of hydrogen-bond acceptors (Lipinski definition) is 5. The van der Waals surface area contributed by atoms with Crippen molar-refractivity contribution in [3.63, 3.8) is 0 Å². The van der Waals surface area contributed by atoms with Crippen molar-refractivity contribution in [3.05, 3.63) is 29.3 Å². The maximum atomic E-state index is 13.4. The van der Waals surface area contributed by atoms with Crippen molar-refractivity contribution in [1.29, 1.82) is 5.26 Å². The first-order valence-corrected chi connectivity index (χ1v) is 11.8. The van der Waals surface area contributed by atoms with E-state index in [1.54, 1.807) is 18.1 Å². The van der Waals surface area contributed by atoms with Gasteiger partial charge in [-0.05, 0) is 37.5 Å². The van der Waals surface area contributed by atoms with Crippen molar-refractivity contribution in [3.8, 4) is 6.07 Å². The third kappa shape index (κ3) is 5.99. The van der Waals surface area contributed by atoms with Crippen LogP contribution in [0.4, 0.5) is 23.7 Å². The Morgan fingerprint density at radius 2 is 1.94 bits per heavy atom. The fourth-order valence-corrected chi connectivity index (χ4v) is 5.01. The van der Waals surface area contributed by atoms with Gasteiger partial charge in [-0.3, -0.25) is 4.79 Å². The summed E-state index contributed by atoms with van der Waals surface area (Å²) in [6.45, 7) is 4.83. The molecule has 0 saturated carbocycles. The van der Waals surface area contributed by atoms with E-state index in [2.05, 4.69) is 10.6 Å². The molecule has 1 unspecified atom stereocenters. The first-order valence-electron chi connectivity index (χ1n) is 11.8. The third-order valence-corrected chi connectivity index (χ3v) is 6.94. The summed E-state index contributed by atoms with van der Waals surface area (Å²) in [7, 11) is 1.55. The van der Waals surface area contributed by atoms with E-state index < -0.39 is 28.6 Å². The van der Waals surface area contributed by atoms with Crippen molar-refractivity contribution in [2.24, 2.45) is 11.3 Å². The summed E-state index contributed by atoms with van der Waals surface area (Å²) in [5.41, 5.74) is -1.43. The van der Waals surface area contributed by atoms with Gasteiger partial charge in [0.1, 0.15) is 0 Å². The van der Waals surface area contributed by atoms with Crippen LogP contribution in [0.25, 0.3) is 0 Å². The number of urea groups is 1. The predicted molar refractivity (Wildman–Crippen MR) is 124 cm³/mol. The summed E-state index contributed by atoms with van der Waals surface area (Å²) >= 11 is 0. The maximum absolute atomic E-state index is 13.4. The fourth-order valence-electron chi connectivity index (χ4n) is 5.01. The summed E-state index contributed by atoms with van der Waals surface area (Å²) in [6, 6.07) is 5.14. The highest BCUT2D eigenvalue weighted by atomic mass is 19.4. The van der Waals surface area contributed by atoms with E-state index in [4.69, 9.17) is 10.00 Å². The van der Waals surface area contributed by atoms with Crippen LogP contribution in [0.3, 0.4) is 0 Å². The van der Waals surface area contributed by atoms with Gasteiger partial charge in [0.05, 0.1) is 29.7 Å². The predicted octanol–water partition coefficient (Wildman–Crippen LogP) is 2.98. The van der Waals surface area contributed by atoms with Crippen molar-refractivity contribution < 1.29 is 27.5 Å². The molecule has 2 aliphatic rings. The van der Waals surface area contributed by atoms with E-state index >= 15 is 0 Å². The Kier molecular flexibility index (Phi) is 8.48. The number of nitrogens with one attached hydrogen (secondary N) is 2. The molecule has 1 aromatic carbocycles. The highest BCUT2D eigenvalue weighted by Gasteiger charge is 2.52. The van der Waals surface area contributed by atoms with Gasteiger partial charge in [0.2, 0.25) is 5.91 Å². The number of piperidine rings is 1. The normalized spacial score (nSPS) is 19.5. The number of carbonyl (C=O) groups is 2. The Morgan fingerprint density at radius 3 is 2.54 bits per heavy atom. The standard InChI is InChI=1S/C24H32F3N5O3/c1-3-8-30-22(34)32-15-20(21(33)29-9-12-35-2)23(16-32)6-10-31(11-7-23)18-5-4-17(14-28)19(13-18)24(25,26)27/h4-5,13,20H,3,6-12,15-16H2,1-2H3,(H,29,33)(H,30,34). The molecule has 35 heavy (non-hydrogen) atoms. The Morgan fingerprint density at radius 1 is 1.23 bits per heavy atom. The average Bonchev–Trinajstić information content (AvgIpc) is 3.21. The number of anilines is 1. The molecule has 8 nitrogen and oxygen atoms in total. The first kappa shape index (κ1) is 26.6.